The number of anilines is 2. The molecule has 1 saturated heterocycles. The summed E-state index contributed by atoms with van der Waals surface area (Å²) in [5, 5.41) is 22.7. The lowest BCUT2D eigenvalue weighted by molar-refractivity contribution is 0.313. The topological polar surface area (TPSA) is 66.7 Å². The number of rotatable bonds is 4. The smallest absolute Gasteiger partial charge is 0.139 e. The number of nitrogens with one attached hydrogen (secondary N) is 1. The quantitative estimate of drug-likeness (QED) is 0.568. The van der Waals surface area contributed by atoms with E-state index in [1.54, 1.807) is 0 Å². The highest BCUT2D eigenvalue weighted by molar-refractivity contribution is 7.11. The number of likely N-dealkylation sites (N-methyl/N-ethyl adjacent to an activating group) is 1. The van der Waals surface area contributed by atoms with Crippen molar-refractivity contribution in [2.45, 2.75) is 0 Å². The number of nitrogens with zero attached hydrogens (tertiary/aromatic N) is 4. The molecule has 0 unspecified atom stereocenters. The van der Waals surface area contributed by atoms with Crippen molar-refractivity contribution < 1.29 is 5.11 Å². The van der Waals surface area contributed by atoms with E-state index in [4.69, 9.17) is 17.0 Å². The van der Waals surface area contributed by atoms with Crippen LogP contribution in [0.1, 0.15) is 5.01 Å². The Kier molecular flexibility index (Phi) is 5.63. The molecule has 5 rings (SSSR count). The number of halogens is 1. The van der Waals surface area contributed by atoms with E-state index in [-0.39, 0.29) is 18.1 Å². The van der Waals surface area contributed by atoms with Crippen molar-refractivity contribution in [3.05, 3.63) is 69.7 Å². The minimum atomic E-state index is 0.176. The monoisotopic (exact) mass is 465 g/mol. The average molecular weight is 466 g/mol. The van der Waals surface area contributed by atoms with E-state index in [1.807, 2.05) is 46.7 Å². The molecule has 2 aliphatic rings. The molecule has 0 spiro atoms. The van der Waals surface area contributed by atoms with Crippen LogP contribution in [-0.2, 0) is 0 Å². The first-order chi connectivity index (χ1) is 15.5. The van der Waals surface area contributed by atoms with Gasteiger partial charge < -0.3 is 19.8 Å². The number of piperazine rings is 1. The molecule has 0 radical (unpaired) electrons. The number of amidine groups is 1. The van der Waals surface area contributed by atoms with Crippen molar-refractivity contribution >= 4 is 45.7 Å². The molecule has 2 aromatic carbocycles. The normalized spacial score (nSPS) is 17.5. The Morgan fingerprint density at radius 2 is 1.62 bits per heavy atom. The Labute approximate surface area is 196 Å². The van der Waals surface area contributed by atoms with Gasteiger partial charge >= 0.3 is 0 Å². The van der Waals surface area contributed by atoms with Gasteiger partial charge in [-0.15, -0.1) is 11.3 Å². The summed E-state index contributed by atoms with van der Waals surface area (Å²) >= 11 is 7.42. The summed E-state index contributed by atoms with van der Waals surface area (Å²) in [7, 11) is 2.15. The zero-order valence-electron chi connectivity index (χ0n) is 17.8. The van der Waals surface area contributed by atoms with Crippen LogP contribution in [0.5, 0.6) is 0 Å². The molecule has 0 aliphatic carbocycles. The van der Waals surface area contributed by atoms with Crippen LogP contribution < -0.4 is 9.80 Å². The number of aromatic nitrogens is 1. The third kappa shape index (κ3) is 3.99. The fourth-order valence-corrected chi connectivity index (χ4v) is 5.10. The molecule has 8 heteroatoms. The predicted molar refractivity (Wildman–Crippen MR) is 133 cm³/mol. The van der Waals surface area contributed by atoms with Gasteiger partial charge in [0.25, 0.3) is 0 Å². The lowest BCUT2D eigenvalue weighted by Gasteiger charge is -2.34. The number of hydrogen-bond acceptors (Lipinski definition) is 6. The SMILES string of the molecule is CN1CCN(c2ccc(N3CC(O)=C(c4nc(-c5ccc(Cl)cc5)cs4)C3=N)cc2)CC1. The van der Waals surface area contributed by atoms with Gasteiger partial charge in [-0.3, -0.25) is 5.41 Å². The first kappa shape index (κ1) is 21.0. The number of thiazole rings is 1. The molecule has 0 atom stereocenters. The minimum absolute atomic E-state index is 0.176. The standard InChI is InChI=1S/C24H24ClN5OS/c1-28-10-12-29(13-11-28)18-6-8-19(9-7-18)30-14-21(31)22(23(30)26)24-27-20(15-32-24)16-2-4-17(25)5-3-16/h2-9,15,26,31H,10-14H2,1H3. The van der Waals surface area contributed by atoms with Crippen molar-refractivity contribution in [1.29, 1.82) is 5.41 Å². The highest BCUT2D eigenvalue weighted by atomic mass is 35.5. The van der Waals surface area contributed by atoms with E-state index < -0.39 is 0 Å². The van der Waals surface area contributed by atoms with Gasteiger partial charge in [0.05, 0.1) is 17.8 Å². The van der Waals surface area contributed by atoms with Crippen LogP contribution in [0.3, 0.4) is 0 Å². The van der Waals surface area contributed by atoms with Crippen LogP contribution in [0.2, 0.25) is 5.02 Å². The molecule has 3 aromatic rings. The van der Waals surface area contributed by atoms with Gasteiger partial charge in [-0.05, 0) is 43.4 Å². The van der Waals surface area contributed by atoms with Crippen LogP contribution >= 0.6 is 22.9 Å². The zero-order chi connectivity index (χ0) is 22.2. The molecule has 164 valence electrons. The summed E-state index contributed by atoms with van der Waals surface area (Å²) in [6.45, 7) is 4.43. The van der Waals surface area contributed by atoms with Gasteiger partial charge in [-0.25, -0.2) is 4.98 Å². The van der Waals surface area contributed by atoms with Crippen molar-refractivity contribution in [3.8, 4) is 11.3 Å². The molecule has 6 nitrogen and oxygen atoms in total. The summed E-state index contributed by atoms with van der Waals surface area (Å²) in [5.74, 6) is 0.446. The second kappa shape index (κ2) is 8.58. The summed E-state index contributed by atoms with van der Waals surface area (Å²) in [6.07, 6.45) is 0. The van der Waals surface area contributed by atoms with Gasteiger partial charge in [-0.1, -0.05) is 23.7 Å². The van der Waals surface area contributed by atoms with Crippen LogP contribution in [0.25, 0.3) is 16.8 Å². The van der Waals surface area contributed by atoms with E-state index in [0.29, 0.717) is 15.6 Å². The lowest BCUT2D eigenvalue weighted by Crippen LogP contribution is -2.44. The Bertz CT molecular complexity index is 1160. The third-order valence-electron chi connectivity index (χ3n) is 5.99. The fraction of sp³-hybridized carbons (Fsp3) is 0.250. The zero-order valence-corrected chi connectivity index (χ0v) is 19.3. The first-order valence-electron chi connectivity index (χ1n) is 10.5. The van der Waals surface area contributed by atoms with E-state index in [0.717, 1.165) is 43.1 Å². The van der Waals surface area contributed by atoms with Crippen LogP contribution in [-0.4, -0.2) is 60.6 Å². The van der Waals surface area contributed by atoms with Crippen LogP contribution in [0, 0.1) is 5.41 Å². The largest absolute Gasteiger partial charge is 0.510 e. The van der Waals surface area contributed by atoms with Crippen molar-refractivity contribution in [3.63, 3.8) is 0 Å². The molecule has 0 saturated carbocycles. The Morgan fingerprint density at radius 3 is 2.31 bits per heavy atom. The van der Waals surface area contributed by atoms with Gasteiger partial charge in [0.1, 0.15) is 16.6 Å². The summed E-state index contributed by atoms with van der Waals surface area (Å²) < 4.78 is 0. The molecule has 1 aromatic heterocycles. The second-order valence-corrected chi connectivity index (χ2v) is 9.40. The first-order valence-corrected chi connectivity index (χ1v) is 11.8. The Hall–Kier alpha value is -2.87. The summed E-state index contributed by atoms with van der Waals surface area (Å²) in [4.78, 5) is 11.2. The lowest BCUT2D eigenvalue weighted by atomic mass is 10.2. The average Bonchev–Trinajstić information content (AvgIpc) is 3.39. The van der Waals surface area contributed by atoms with E-state index in [9.17, 15) is 5.11 Å². The predicted octanol–water partition coefficient (Wildman–Crippen LogP) is 4.98. The number of benzene rings is 2. The number of aliphatic hydroxyl groups excluding tert-OH is 1. The highest BCUT2D eigenvalue weighted by Gasteiger charge is 2.31. The molecule has 2 N–H and O–H groups in total. The van der Waals surface area contributed by atoms with E-state index in [2.05, 4.69) is 34.0 Å². The van der Waals surface area contributed by atoms with Crippen molar-refractivity contribution in [2.75, 3.05) is 49.6 Å². The third-order valence-corrected chi connectivity index (χ3v) is 7.10. The molecule has 0 bridgehead atoms. The summed E-state index contributed by atoms with van der Waals surface area (Å²) in [5.41, 5.74) is 4.35. The molecule has 2 aliphatic heterocycles. The molecule has 1 fully saturated rings. The maximum atomic E-state index is 10.7. The van der Waals surface area contributed by atoms with Gasteiger partial charge in [0.2, 0.25) is 0 Å². The molecular weight excluding hydrogens is 442 g/mol. The Morgan fingerprint density at radius 1 is 0.969 bits per heavy atom. The van der Waals surface area contributed by atoms with Gasteiger partial charge in [0.15, 0.2) is 0 Å². The Balaban J connectivity index is 1.33. The van der Waals surface area contributed by atoms with Crippen LogP contribution in [0.4, 0.5) is 11.4 Å². The maximum absolute atomic E-state index is 10.7. The maximum Gasteiger partial charge on any atom is 0.139 e. The molecule has 3 heterocycles. The minimum Gasteiger partial charge on any atom is -0.510 e. The van der Waals surface area contributed by atoms with E-state index in [1.165, 1.54) is 17.0 Å². The number of hydrogen-bond donors (Lipinski definition) is 2. The fourth-order valence-electron chi connectivity index (χ4n) is 4.07. The van der Waals surface area contributed by atoms with Crippen molar-refractivity contribution in [2.24, 2.45) is 0 Å². The van der Waals surface area contributed by atoms with E-state index >= 15 is 0 Å². The molecular formula is C24H24ClN5OS. The van der Waals surface area contributed by atoms with Crippen LogP contribution in [0.15, 0.2) is 59.7 Å². The number of aliphatic hydroxyl groups is 1. The molecule has 32 heavy (non-hydrogen) atoms. The van der Waals surface area contributed by atoms with Gasteiger partial charge in [-0.2, -0.15) is 0 Å². The molecule has 0 amide bonds. The summed E-state index contributed by atoms with van der Waals surface area (Å²) in [6, 6.07) is 15.8. The second-order valence-electron chi connectivity index (χ2n) is 8.11. The van der Waals surface area contributed by atoms with Crippen molar-refractivity contribution in [1.82, 2.24) is 9.88 Å². The van der Waals surface area contributed by atoms with Gasteiger partial charge in [0, 0.05) is 53.5 Å². The highest BCUT2D eigenvalue weighted by Crippen LogP contribution is 2.35.